The number of Topliss-reactive ketones (excluding diaryl/α,β-unsaturated/α-hetero) is 1. The summed E-state index contributed by atoms with van der Waals surface area (Å²) in [5.74, 6) is -1.22. The van der Waals surface area contributed by atoms with E-state index >= 15 is 0 Å². The van der Waals surface area contributed by atoms with Gasteiger partial charge >= 0.3 is 5.97 Å². The first-order valence-electron chi connectivity index (χ1n) is 5.13. The van der Waals surface area contributed by atoms with E-state index in [-0.39, 0.29) is 30.3 Å². The molecule has 1 aromatic rings. The summed E-state index contributed by atoms with van der Waals surface area (Å²) < 4.78 is 22.7. The van der Waals surface area contributed by atoms with Gasteiger partial charge in [-0.3, -0.25) is 4.79 Å². The van der Waals surface area contributed by atoms with Crippen molar-refractivity contribution in [3.05, 3.63) is 29.6 Å². The van der Waals surface area contributed by atoms with Crippen molar-refractivity contribution in [1.29, 1.82) is 0 Å². The van der Waals surface area contributed by atoms with Gasteiger partial charge in [0.2, 0.25) is 0 Å². The molecule has 0 aliphatic carbocycles. The van der Waals surface area contributed by atoms with Crippen molar-refractivity contribution in [1.82, 2.24) is 0 Å². The molecule has 4 nitrogen and oxygen atoms in total. The fourth-order valence-corrected chi connectivity index (χ4v) is 1.24. The summed E-state index contributed by atoms with van der Waals surface area (Å²) in [5.41, 5.74) is 0.106. The van der Waals surface area contributed by atoms with Gasteiger partial charge in [-0.1, -0.05) is 0 Å². The fourth-order valence-electron chi connectivity index (χ4n) is 1.24. The van der Waals surface area contributed by atoms with Crippen LogP contribution >= 0.6 is 0 Å². The predicted molar refractivity (Wildman–Crippen MR) is 58.5 cm³/mol. The van der Waals surface area contributed by atoms with E-state index < -0.39 is 11.8 Å². The molecule has 0 unspecified atom stereocenters. The number of hydrogen-bond donors (Lipinski definition) is 0. The van der Waals surface area contributed by atoms with Crippen molar-refractivity contribution >= 4 is 11.8 Å². The summed E-state index contributed by atoms with van der Waals surface area (Å²) >= 11 is 0. The van der Waals surface area contributed by atoms with E-state index in [1.54, 1.807) is 6.92 Å². The lowest BCUT2D eigenvalue weighted by Crippen LogP contribution is -2.15. The summed E-state index contributed by atoms with van der Waals surface area (Å²) in [7, 11) is 0. The maximum Gasteiger partial charge on any atom is 0.344 e. The van der Waals surface area contributed by atoms with E-state index in [1.165, 1.54) is 13.0 Å². The number of esters is 1. The molecule has 0 saturated heterocycles. The van der Waals surface area contributed by atoms with Crippen molar-refractivity contribution < 1.29 is 23.5 Å². The fraction of sp³-hybridized carbons (Fsp3) is 0.333. The highest BCUT2D eigenvalue weighted by atomic mass is 19.1. The van der Waals surface area contributed by atoms with Gasteiger partial charge in [-0.25, -0.2) is 9.18 Å². The Balaban J connectivity index is 2.77. The van der Waals surface area contributed by atoms with Crippen LogP contribution in [-0.4, -0.2) is 25.0 Å². The third kappa shape index (κ3) is 3.86. The number of carbonyl (C=O) groups is 2. The minimum atomic E-state index is -0.536. The SMILES string of the molecule is CCOC(=O)COc1ccc(F)cc1C(C)=O. The molecule has 0 heterocycles. The molecule has 0 radical (unpaired) electrons. The lowest BCUT2D eigenvalue weighted by atomic mass is 10.1. The second-order valence-electron chi connectivity index (χ2n) is 3.29. The molecule has 0 aliphatic rings. The van der Waals surface area contributed by atoms with Gasteiger partial charge in [-0.2, -0.15) is 0 Å². The van der Waals surface area contributed by atoms with Crippen LogP contribution in [0.1, 0.15) is 24.2 Å². The zero-order valence-electron chi connectivity index (χ0n) is 9.66. The monoisotopic (exact) mass is 240 g/mol. The average Bonchev–Trinajstić information content (AvgIpc) is 2.27. The third-order valence-electron chi connectivity index (χ3n) is 1.97. The zero-order chi connectivity index (χ0) is 12.8. The highest BCUT2D eigenvalue weighted by molar-refractivity contribution is 5.96. The lowest BCUT2D eigenvalue weighted by Gasteiger charge is -2.09. The van der Waals surface area contributed by atoms with Crippen LogP contribution in [0.5, 0.6) is 5.75 Å². The highest BCUT2D eigenvalue weighted by Gasteiger charge is 2.11. The van der Waals surface area contributed by atoms with E-state index in [1.807, 2.05) is 0 Å². The molecule has 1 rings (SSSR count). The van der Waals surface area contributed by atoms with Crippen molar-refractivity contribution in [2.75, 3.05) is 13.2 Å². The summed E-state index contributed by atoms with van der Waals surface area (Å²) in [6.07, 6.45) is 0. The molecule has 0 N–H and O–H groups in total. The van der Waals surface area contributed by atoms with Crippen LogP contribution in [0.25, 0.3) is 0 Å². The number of carbonyl (C=O) groups excluding carboxylic acids is 2. The second kappa shape index (κ2) is 5.98. The van der Waals surface area contributed by atoms with E-state index in [0.29, 0.717) is 0 Å². The summed E-state index contributed by atoms with van der Waals surface area (Å²) in [5, 5.41) is 0. The first-order chi connectivity index (χ1) is 8.04. The normalized spacial score (nSPS) is 9.82. The van der Waals surface area contributed by atoms with Gasteiger partial charge in [0.1, 0.15) is 11.6 Å². The predicted octanol–water partition coefficient (Wildman–Crippen LogP) is 1.97. The molecule has 0 saturated carbocycles. The van der Waals surface area contributed by atoms with Gasteiger partial charge in [0, 0.05) is 0 Å². The molecular formula is C12H13FO4. The van der Waals surface area contributed by atoms with Crippen LogP contribution < -0.4 is 4.74 Å². The Morgan fingerprint density at radius 1 is 1.35 bits per heavy atom. The quantitative estimate of drug-likeness (QED) is 0.583. The number of rotatable bonds is 5. The molecule has 0 aromatic heterocycles. The molecular weight excluding hydrogens is 227 g/mol. The number of halogens is 1. The van der Waals surface area contributed by atoms with E-state index in [0.717, 1.165) is 12.1 Å². The summed E-state index contributed by atoms with van der Waals surface area (Å²) in [4.78, 5) is 22.3. The van der Waals surface area contributed by atoms with Gasteiger partial charge in [-0.15, -0.1) is 0 Å². The van der Waals surface area contributed by atoms with Crippen LogP contribution in [0.4, 0.5) is 4.39 Å². The summed E-state index contributed by atoms with van der Waals surface area (Å²) in [6, 6.07) is 3.54. The Morgan fingerprint density at radius 2 is 2.06 bits per heavy atom. The first kappa shape index (κ1) is 13.2. The van der Waals surface area contributed by atoms with Gasteiger partial charge in [0.25, 0.3) is 0 Å². The first-order valence-corrected chi connectivity index (χ1v) is 5.13. The molecule has 17 heavy (non-hydrogen) atoms. The molecule has 0 atom stereocenters. The van der Waals surface area contributed by atoms with Crippen LogP contribution in [0.15, 0.2) is 18.2 Å². The van der Waals surface area contributed by atoms with Crippen LogP contribution in [0.2, 0.25) is 0 Å². The average molecular weight is 240 g/mol. The molecule has 0 fully saturated rings. The zero-order valence-corrected chi connectivity index (χ0v) is 9.66. The number of ketones is 1. The van der Waals surface area contributed by atoms with Gasteiger partial charge in [0.15, 0.2) is 12.4 Å². The lowest BCUT2D eigenvalue weighted by molar-refractivity contribution is -0.145. The van der Waals surface area contributed by atoms with Crippen molar-refractivity contribution in [3.63, 3.8) is 0 Å². The van der Waals surface area contributed by atoms with Gasteiger partial charge in [-0.05, 0) is 32.0 Å². The second-order valence-corrected chi connectivity index (χ2v) is 3.29. The van der Waals surface area contributed by atoms with Crippen molar-refractivity contribution in [2.45, 2.75) is 13.8 Å². The standard InChI is InChI=1S/C12H13FO4/c1-3-16-12(15)7-17-11-5-4-9(13)6-10(11)8(2)14/h4-6H,3,7H2,1-2H3. The summed E-state index contributed by atoms with van der Waals surface area (Å²) in [6.45, 7) is 2.92. The minimum Gasteiger partial charge on any atom is -0.481 e. The van der Waals surface area contributed by atoms with E-state index in [4.69, 9.17) is 4.74 Å². The smallest absolute Gasteiger partial charge is 0.344 e. The Kier molecular flexibility index (Phi) is 4.63. The Morgan fingerprint density at radius 3 is 2.65 bits per heavy atom. The van der Waals surface area contributed by atoms with Crippen molar-refractivity contribution in [2.24, 2.45) is 0 Å². The van der Waals surface area contributed by atoms with Crippen LogP contribution in [0, 0.1) is 5.82 Å². The largest absolute Gasteiger partial charge is 0.481 e. The third-order valence-corrected chi connectivity index (χ3v) is 1.97. The van der Waals surface area contributed by atoms with Gasteiger partial charge < -0.3 is 9.47 Å². The minimum absolute atomic E-state index is 0.106. The topological polar surface area (TPSA) is 52.6 Å². The maximum absolute atomic E-state index is 12.9. The van der Waals surface area contributed by atoms with Crippen molar-refractivity contribution in [3.8, 4) is 5.75 Å². The molecule has 1 aromatic carbocycles. The highest BCUT2D eigenvalue weighted by Crippen LogP contribution is 2.20. The van der Waals surface area contributed by atoms with E-state index in [9.17, 15) is 14.0 Å². The van der Waals surface area contributed by atoms with E-state index in [2.05, 4.69) is 4.74 Å². The Labute approximate surface area is 98.3 Å². The molecule has 0 aliphatic heterocycles. The van der Waals surface area contributed by atoms with Crippen LogP contribution in [-0.2, 0) is 9.53 Å². The molecule has 0 bridgehead atoms. The molecule has 0 amide bonds. The molecule has 5 heteroatoms. The Hall–Kier alpha value is -1.91. The number of ether oxygens (including phenoxy) is 2. The Bertz CT molecular complexity index is 429. The molecule has 0 spiro atoms. The van der Waals surface area contributed by atoms with Crippen LogP contribution in [0.3, 0.4) is 0 Å². The maximum atomic E-state index is 12.9. The number of hydrogen-bond acceptors (Lipinski definition) is 4. The number of benzene rings is 1. The molecule has 92 valence electrons. The van der Waals surface area contributed by atoms with Gasteiger partial charge in [0.05, 0.1) is 12.2 Å².